The van der Waals surface area contributed by atoms with Crippen LogP contribution in [0.1, 0.15) is 121 Å². The molecule has 0 nitrogen and oxygen atoms in total. The lowest BCUT2D eigenvalue weighted by atomic mass is 9.71. The molecule has 5 rings (SSSR count). The maximum absolute atomic E-state index is 15.4. The van der Waals surface area contributed by atoms with Crippen molar-refractivity contribution in [1.29, 1.82) is 0 Å². The van der Waals surface area contributed by atoms with Gasteiger partial charge in [-0.3, -0.25) is 0 Å². The van der Waals surface area contributed by atoms with Crippen LogP contribution in [0.2, 0.25) is 0 Å². The fraction of sp³-hybridized carbons (Fsp3) is 0.488. The Hall–Kier alpha value is -3.07. The number of allylic oxidation sites excluding steroid dienone is 4. The standard InChI is InChI=1S/C43H53F3/c1-3-5-6-7-8-9-10-11-13-37-26-29-40(43(46)42(37)45)36-24-20-34(21-25-36)38-27-28-39(41(44)30-38)35-22-18-33(19-23-35)32-16-14-31(12-4-2)15-17-32/h4,12,20-22,24-33H,3,5-11,13-19,23H2,1-2H3. The summed E-state index contributed by atoms with van der Waals surface area (Å²) in [4.78, 5) is 0. The van der Waals surface area contributed by atoms with Gasteiger partial charge in [0.05, 0.1) is 0 Å². The SMILES string of the molecule is CC=CC1CCC(C2CC=C(c3ccc(-c4ccc(-c5ccc(CCCCCCCCCC)c(F)c5F)cc4)cc3F)CC2)CC1. The van der Waals surface area contributed by atoms with Crippen LogP contribution in [0.3, 0.4) is 0 Å². The van der Waals surface area contributed by atoms with Gasteiger partial charge >= 0.3 is 0 Å². The summed E-state index contributed by atoms with van der Waals surface area (Å²) in [7, 11) is 0. The molecule has 0 saturated heterocycles. The predicted molar refractivity (Wildman–Crippen MR) is 189 cm³/mol. The second kappa shape index (κ2) is 17.2. The van der Waals surface area contributed by atoms with E-state index in [0.717, 1.165) is 73.0 Å². The summed E-state index contributed by atoms with van der Waals surface area (Å²) in [6.07, 6.45) is 25.2. The largest absolute Gasteiger partial charge is 0.206 e. The van der Waals surface area contributed by atoms with Gasteiger partial charge in [0.1, 0.15) is 5.82 Å². The first-order valence-electron chi connectivity index (χ1n) is 18.2. The summed E-state index contributed by atoms with van der Waals surface area (Å²) in [5.74, 6) is 0.563. The van der Waals surface area contributed by atoms with Gasteiger partial charge in [0.15, 0.2) is 11.6 Å². The molecule has 0 heterocycles. The number of hydrogen-bond donors (Lipinski definition) is 0. The van der Waals surface area contributed by atoms with Crippen LogP contribution in [-0.4, -0.2) is 0 Å². The van der Waals surface area contributed by atoms with E-state index in [9.17, 15) is 4.39 Å². The number of hydrogen-bond acceptors (Lipinski definition) is 0. The molecule has 1 saturated carbocycles. The minimum atomic E-state index is -0.787. The van der Waals surface area contributed by atoms with Gasteiger partial charge in [0, 0.05) is 11.1 Å². The summed E-state index contributed by atoms with van der Waals surface area (Å²) < 4.78 is 45.5. The maximum Gasteiger partial charge on any atom is 0.166 e. The van der Waals surface area contributed by atoms with Crippen LogP contribution < -0.4 is 0 Å². The quantitative estimate of drug-likeness (QED) is 0.123. The Kier molecular flexibility index (Phi) is 12.8. The molecule has 3 aromatic rings. The van der Waals surface area contributed by atoms with E-state index in [0.29, 0.717) is 23.1 Å². The summed E-state index contributed by atoms with van der Waals surface area (Å²) in [6.45, 7) is 4.33. The second-order valence-electron chi connectivity index (χ2n) is 13.9. The smallest absolute Gasteiger partial charge is 0.166 e. The molecule has 2 aliphatic carbocycles. The Labute approximate surface area is 276 Å². The van der Waals surface area contributed by atoms with Crippen molar-refractivity contribution in [2.24, 2.45) is 17.8 Å². The van der Waals surface area contributed by atoms with Gasteiger partial charge < -0.3 is 0 Å². The summed E-state index contributed by atoms with van der Waals surface area (Å²) in [5.41, 5.74) is 4.81. The van der Waals surface area contributed by atoms with Crippen LogP contribution in [0.25, 0.3) is 27.8 Å². The summed E-state index contributed by atoms with van der Waals surface area (Å²) in [5, 5.41) is 0. The van der Waals surface area contributed by atoms with Gasteiger partial charge in [-0.15, -0.1) is 0 Å². The first-order valence-corrected chi connectivity index (χ1v) is 18.2. The van der Waals surface area contributed by atoms with Gasteiger partial charge in [0.2, 0.25) is 0 Å². The third-order valence-electron chi connectivity index (χ3n) is 10.7. The highest BCUT2D eigenvalue weighted by atomic mass is 19.2. The van der Waals surface area contributed by atoms with Gasteiger partial charge in [-0.1, -0.05) is 119 Å². The average Bonchev–Trinajstić information content (AvgIpc) is 3.08. The number of unbranched alkanes of at least 4 members (excludes halogenated alkanes) is 7. The van der Waals surface area contributed by atoms with Crippen molar-refractivity contribution < 1.29 is 13.2 Å². The first kappa shape index (κ1) is 34.3. The zero-order chi connectivity index (χ0) is 32.3. The number of halogens is 3. The molecule has 246 valence electrons. The monoisotopic (exact) mass is 626 g/mol. The maximum atomic E-state index is 15.4. The van der Waals surface area contributed by atoms with Crippen molar-refractivity contribution in [3.05, 3.63) is 101 Å². The molecule has 0 bridgehead atoms. The number of aryl methyl sites for hydroxylation is 1. The second-order valence-corrected chi connectivity index (χ2v) is 13.9. The van der Waals surface area contributed by atoms with Crippen LogP contribution >= 0.6 is 0 Å². The van der Waals surface area contributed by atoms with Crippen molar-refractivity contribution in [3.8, 4) is 22.3 Å². The molecule has 0 aromatic heterocycles. The molecule has 3 heteroatoms. The van der Waals surface area contributed by atoms with Gasteiger partial charge in [0.25, 0.3) is 0 Å². The van der Waals surface area contributed by atoms with Gasteiger partial charge in [-0.2, -0.15) is 0 Å². The molecule has 1 unspecified atom stereocenters. The molecule has 0 spiro atoms. The van der Waals surface area contributed by atoms with E-state index in [2.05, 4.69) is 32.1 Å². The van der Waals surface area contributed by atoms with Crippen molar-refractivity contribution in [2.75, 3.05) is 0 Å². The molecule has 0 N–H and O–H groups in total. The summed E-state index contributed by atoms with van der Waals surface area (Å²) >= 11 is 0. The molecule has 1 atom stereocenters. The van der Waals surface area contributed by atoms with E-state index in [-0.39, 0.29) is 11.4 Å². The summed E-state index contributed by atoms with van der Waals surface area (Å²) in [6, 6.07) is 16.3. The van der Waals surface area contributed by atoms with Crippen molar-refractivity contribution in [2.45, 2.75) is 117 Å². The topological polar surface area (TPSA) is 0 Å². The van der Waals surface area contributed by atoms with E-state index in [1.165, 1.54) is 57.8 Å². The molecule has 3 aromatic carbocycles. The number of benzene rings is 3. The van der Waals surface area contributed by atoms with Gasteiger partial charge in [-0.25, -0.2) is 13.2 Å². The zero-order valence-corrected chi connectivity index (χ0v) is 28.1. The highest BCUT2D eigenvalue weighted by molar-refractivity contribution is 5.74. The molecule has 1 fully saturated rings. The minimum Gasteiger partial charge on any atom is -0.206 e. The highest BCUT2D eigenvalue weighted by Gasteiger charge is 2.28. The van der Waals surface area contributed by atoms with E-state index < -0.39 is 11.6 Å². The lowest BCUT2D eigenvalue weighted by Crippen LogP contribution is -2.22. The normalized spacial score (nSPS) is 20.3. The zero-order valence-electron chi connectivity index (χ0n) is 28.1. The lowest BCUT2D eigenvalue weighted by Gasteiger charge is -2.35. The Balaban J connectivity index is 1.16. The number of rotatable bonds is 14. The van der Waals surface area contributed by atoms with Crippen LogP contribution in [0.15, 0.2) is 72.8 Å². The third-order valence-corrected chi connectivity index (χ3v) is 10.7. The molecule has 0 amide bonds. The molecule has 0 radical (unpaired) electrons. The Morgan fingerprint density at radius 1 is 0.652 bits per heavy atom. The molecular formula is C43H53F3. The van der Waals surface area contributed by atoms with Crippen molar-refractivity contribution in [1.82, 2.24) is 0 Å². The minimum absolute atomic E-state index is 0.196. The fourth-order valence-corrected chi connectivity index (χ4v) is 7.86. The highest BCUT2D eigenvalue weighted by Crippen LogP contribution is 2.42. The molecular weight excluding hydrogens is 573 g/mol. The predicted octanol–water partition coefficient (Wildman–Crippen LogP) is 13.7. The van der Waals surface area contributed by atoms with E-state index in [4.69, 9.17) is 0 Å². The Bertz CT molecular complexity index is 1460. The average molecular weight is 627 g/mol. The van der Waals surface area contributed by atoms with E-state index in [1.54, 1.807) is 30.3 Å². The van der Waals surface area contributed by atoms with Crippen molar-refractivity contribution >= 4 is 5.57 Å². The first-order chi connectivity index (χ1) is 22.5. The Morgan fingerprint density at radius 2 is 1.30 bits per heavy atom. The van der Waals surface area contributed by atoms with Crippen molar-refractivity contribution in [3.63, 3.8) is 0 Å². The van der Waals surface area contributed by atoms with E-state index in [1.807, 2.05) is 24.3 Å². The lowest BCUT2D eigenvalue weighted by molar-refractivity contribution is 0.212. The van der Waals surface area contributed by atoms with Crippen LogP contribution in [0.5, 0.6) is 0 Å². The van der Waals surface area contributed by atoms with E-state index >= 15 is 8.78 Å². The molecule has 0 aliphatic heterocycles. The van der Waals surface area contributed by atoms with Crippen LogP contribution in [-0.2, 0) is 6.42 Å². The molecule has 46 heavy (non-hydrogen) atoms. The third kappa shape index (κ3) is 8.84. The molecule has 2 aliphatic rings. The fourth-order valence-electron chi connectivity index (χ4n) is 7.86. The van der Waals surface area contributed by atoms with Gasteiger partial charge in [-0.05, 0) is 116 Å². The van der Waals surface area contributed by atoms with Crippen LogP contribution in [0.4, 0.5) is 13.2 Å². The Morgan fingerprint density at radius 3 is 1.96 bits per heavy atom. The van der Waals surface area contributed by atoms with Crippen LogP contribution in [0, 0.1) is 35.2 Å².